The first-order valence-electron chi connectivity index (χ1n) is 6.84. The van der Waals surface area contributed by atoms with E-state index in [0.717, 1.165) is 27.9 Å². The fraction of sp³-hybridized carbons (Fsp3) is 0.176. The molecule has 0 aliphatic carbocycles. The second-order valence-corrected chi connectivity index (χ2v) is 5.40. The first-order chi connectivity index (χ1) is 10.2. The molecule has 4 heteroatoms. The van der Waals surface area contributed by atoms with Gasteiger partial charge in [-0.3, -0.25) is 9.97 Å². The number of aryl methyl sites for hydroxylation is 1. The van der Waals surface area contributed by atoms with Crippen molar-refractivity contribution in [2.24, 2.45) is 0 Å². The molecule has 0 amide bonds. The van der Waals surface area contributed by atoms with E-state index in [1.807, 2.05) is 38.2 Å². The van der Waals surface area contributed by atoms with Gasteiger partial charge >= 0.3 is 0 Å². The smallest absolute Gasteiger partial charge is 0.0804 e. The number of halogens is 1. The summed E-state index contributed by atoms with van der Waals surface area (Å²) < 4.78 is 0. The number of aromatic nitrogens is 2. The largest absolute Gasteiger partial charge is 0.308 e. The van der Waals surface area contributed by atoms with E-state index in [4.69, 9.17) is 11.6 Å². The Balaban J connectivity index is 2.09. The number of pyridine rings is 2. The molecule has 2 aromatic heterocycles. The van der Waals surface area contributed by atoms with Gasteiger partial charge < -0.3 is 5.32 Å². The van der Waals surface area contributed by atoms with Gasteiger partial charge in [-0.05, 0) is 49.9 Å². The van der Waals surface area contributed by atoms with Crippen LogP contribution in [-0.2, 0) is 0 Å². The molecule has 0 saturated carbocycles. The summed E-state index contributed by atoms with van der Waals surface area (Å²) in [7, 11) is 1.91. The summed E-state index contributed by atoms with van der Waals surface area (Å²) >= 11 is 6.27. The van der Waals surface area contributed by atoms with Crippen molar-refractivity contribution in [2.75, 3.05) is 7.05 Å². The number of nitrogens with zero attached hydrogens (tertiary/aromatic N) is 2. The molecule has 0 fully saturated rings. The van der Waals surface area contributed by atoms with E-state index in [1.165, 1.54) is 0 Å². The lowest BCUT2D eigenvalue weighted by Gasteiger charge is -2.17. The fourth-order valence-electron chi connectivity index (χ4n) is 2.50. The lowest BCUT2D eigenvalue weighted by Crippen LogP contribution is -2.19. The molecule has 3 rings (SSSR count). The molecule has 3 aromatic rings. The Labute approximate surface area is 129 Å². The van der Waals surface area contributed by atoms with Crippen LogP contribution < -0.4 is 5.32 Å². The summed E-state index contributed by atoms with van der Waals surface area (Å²) in [5.74, 6) is 0. The molecule has 0 spiro atoms. The molecule has 0 bridgehead atoms. The summed E-state index contributed by atoms with van der Waals surface area (Å²) in [6, 6.07) is 14.0. The van der Waals surface area contributed by atoms with Crippen molar-refractivity contribution in [3.63, 3.8) is 0 Å². The Morgan fingerprint density at radius 1 is 1.14 bits per heavy atom. The first-order valence-corrected chi connectivity index (χ1v) is 7.22. The maximum Gasteiger partial charge on any atom is 0.0804 e. The average molecular weight is 298 g/mol. The highest BCUT2D eigenvalue weighted by Crippen LogP contribution is 2.27. The Morgan fingerprint density at radius 3 is 2.76 bits per heavy atom. The Kier molecular flexibility index (Phi) is 3.86. The molecule has 1 N–H and O–H groups in total. The summed E-state index contributed by atoms with van der Waals surface area (Å²) in [5.41, 5.74) is 3.98. The van der Waals surface area contributed by atoms with Crippen molar-refractivity contribution < 1.29 is 0 Å². The second kappa shape index (κ2) is 5.80. The van der Waals surface area contributed by atoms with Crippen LogP contribution in [0.3, 0.4) is 0 Å². The predicted molar refractivity (Wildman–Crippen MR) is 86.6 cm³/mol. The molecule has 0 radical (unpaired) electrons. The highest BCUT2D eigenvalue weighted by Gasteiger charge is 2.16. The molecule has 1 aromatic carbocycles. The van der Waals surface area contributed by atoms with E-state index in [9.17, 15) is 0 Å². The molecule has 21 heavy (non-hydrogen) atoms. The molecule has 0 aliphatic rings. The van der Waals surface area contributed by atoms with Gasteiger partial charge in [0, 0.05) is 17.3 Å². The summed E-state index contributed by atoms with van der Waals surface area (Å²) in [5, 5.41) is 5.07. The Hall–Kier alpha value is -1.97. The average Bonchev–Trinajstić information content (AvgIpc) is 2.50. The van der Waals surface area contributed by atoms with Crippen LogP contribution in [0.1, 0.15) is 23.0 Å². The molecule has 0 aliphatic heterocycles. The third-order valence-electron chi connectivity index (χ3n) is 3.53. The number of rotatable bonds is 3. The summed E-state index contributed by atoms with van der Waals surface area (Å²) in [6.07, 6.45) is 1.76. The van der Waals surface area contributed by atoms with E-state index in [1.54, 1.807) is 6.20 Å². The maximum absolute atomic E-state index is 6.27. The van der Waals surface area contributed by atoms with Gasteiger partial charge in [0.05, 0.1) is 22.3 Å². The van der Waals surface area contributed by atoms with Gasteiger partial charge in [0.1, 0.15) is 0 Å². The van der Waals surface area contributed by atoms with Crippen LogP contribution in [0, 0.1) is 6.92 Å². The molecule has 0 saturated heterocycles. The van der Waals surface area contributed by atoms with Gasteiger partial charge in [0.15, 0.2) is 0 Å². The van der Waals surface area contributed by atoms with E-state index >= 15 is 0 Å². The number of hydrogen-bond donors (Lipinski definition) is 1. The molecular weight excluding hydrogens is 282 g/mol. The number of nitrogens with one attached hydrogen (secondary N) is 1. The molecule has 3 nitrogen and oxygen atoms in total. The highest BCUT2D eigenvalue weighted by atomic mass is 35.5. The van der Waals surface area contributed by atoms with Crippen LogP contribution in [-0.4, -0.2) is 17.0 Å². The summed E-state index contributed by atoms with van der Waals surface area (Å²) in [4.78, 5) is 8.94. The van der Waals surface area contributed by atoms with E-state index in [2.05, 4.69) is 33.5 Å². The zero-order chi connectivity index (χ0) is 14.8. The summed E-state index contributed by atoms with van der Waals surface area (Å²) in [6.45, 7) is 2.00. The maximum atomic E-state index is 6.27. The van der Waals surface area contributed by atoms with Crippen molar-refractivity contribution in [1.29, 1.82) is 0 Å². The van der Waals surface area contributed by atoms with Crippen molar-refractivity contribution in [3.05, 3.63) is 70.6 Å². The van der Waals surface area contributed by atoms with Crippen molar-refractivity contribution in [1.82, 2.24) is 15.3 Å². The van der Waals surface area contributed by atoms with Gasteiger partial charge in [0.2, 0.25) is 0 Å². The van der Waals surface area contributed by atoms with Crippen LogP contribution in [0.5, 0.6) is 0 Å². The zero-order valence-corrected chi connectivity index (χ0v) is 12.7. The van der Waals surface area contributed by atoms with E-state index < -0.39 is 0 Å². The number of hydrogen-bond acceptors (Lipinski definition) is 3. The molecule has 1 unspecified atom stereocenters. The van der Waals surface area contributed by atoms with Crippen molar-refractivity contribution >= 4 is 22.5 Å². The Morgan fingerprint density at radius 2 is 2.00 bits per heavy atom. The molecule has 2 heterocycles. The highest BCUT2D eigenvalue weighted by molar-refractivity contribution is 6.31. The third-order valence-corrected chi connectivity index (χ3v) is 3.85. The van der Waals surface area contributed by atoms with Crippen LogP contribution in [0.25, 0.3) is 10.9 Å². The monoisotopic (exact) mass is 297 g/mol. The van der Waals surface area contributed by atoms with Gasteiger partial charge in [-0.1, -0.05) is 23.7 Å². The number of fused-ring (bicyclic) bond motifs is 1. The van der Waals surface area contributed by atoms with Gasteiger partial charge in [-0.25, -0.2) is 0 Å². The quantitative estimate of drug-likeness (QED) is 0.797. The molecule has 1 atom stereocenters. The lowest BCUT2D eigenvalue weighted by atomic mass is 10.0. The van der Waals surface area contributed by atoms with Crippen LogP contribution in [0.2, 0.25) is 5.02 Å². The topological polar surface area (TPSA) is 37.8 Å². The van der Waals surface area contributed by atoms with Gasteiger partial charge in [0.25, 0.3) is 0 Å². The van der Waals surface area contributed by atoms with Crippen LogP contribution in [0.15, 0.2) is 48.7 Å². The minimum atomic E-state index is -0.0376. The van der Waals surface area contributed by atoms with Crippen LogP contribution >= 0.6 is 11.6 Å². The molecular formula is C17H16ClN3. The van der Waals surface area contributed by atoms with Gasteiger partial charge in [-0.15, -0.1) is 0 Å². The standard InChI is InChI=1S/C17H16ClN3/c1-11-5-6-12-10-13(7-8-15(12)21-11)16(19-2)17-14(18)4-3-9-20-17/h3-10,16,19H,1-2H3. The molecule has 106 valence electrons. The normalized spacial score (nSPS) is 12.5. The predicted octanol–water partition coefficient (Wildman–Crippen LogP) is 3.90. The zero-order valence-electron chi connectivity index (χ0n) is 12.0. The van der Waals surface area contributed by atoms with E-state index in [-0.39, 0.29) is 6.04 Å². The second-order valence-electron chi connectivity index (χ2n) is 5.00. The van der Waals surface area contributed by atoms with Crippen molar-refractivity contribution in [2.45, 2.75) is 13.0 Å². The fourth-order valence-corrected chi connectivity index (χ4v) is 2.73. The Bertz CT molecular complexity index is 786. The first kappa shape index (κ1) is 14.0. The minimum absolute atomic E-state index is 0.0376. The van der Waals surface area contributed by atoms with E-state index in [0.29, 0.717) is 5.02 Å². The van der Waals surface area contributed by atoms with Crippen LogP contribution in [0.4, 0.5) is 0 Å². The number of benzene rings is 1. The minimum Gasteiger partial charge on any atom is -0.308 e. The van der Waals surface area contributed by atoms with Gasteiger partial charge in [-0.2, -0.15) is 0 Å². The SMILES string of the molecule is CNC(c1ccc2nc(C)ccc2c1)c1ncccc1Cl. The third kappa shape index (κ3) is 2.75. The van der Waals surface area contributed by atoms with Crippen molar-refractivity contribution in [3.8, 4) is 0 Å². The lowest BCUT2D eigenvalue weighted by molar-refractivity contribution is 0.672.